The molecular formula is C16H17BrClN3. The second-order valence-electron chi connectivity index (χ2n) is 5.22. The maximum Gasteiger partial charge on any atom is 0.0551 e. The number of nitrogens with zero attached hydrogens (tertiary/aromatic N) is 2. The molecule has 0 spiro atoms. The molecular weight excluding hydrogens is 350 g/mol. The number of halogens is 2. The SMILES string of the molecule is Clc1cc(CN2CCNCC2c2ccncc2)ccc1Br. The largest absolute Gasteiger partial charge is 0.314 e. The van der Waals surface area contributed by atoms with Crippen LogP contribution >= 0.6 is 27.5 Å². The van der Waals surface area contributed by atoms with E-state index in [1.165, 1.54) is 11.1 Å². The minimum absolute atomic E-state index is 0.379. The van der Waals surface area contributed by atoms with Crippen LogP contribution in [0.25, 0.3) is 0 Å². The van der Waals surface area contributed by atoms with E-state index in [1.54, 1.807) is 0 Å². The molecule has 2 aromatic rings. The first-order chi connectivity index (χ1) is 10.2. The molecule has 1 aromatic carbocycles. The van der Waals surface area contributed by atoms with Gasteiger partial charge in [0.05, 0.1) is 5.02 Å². The van der Waals surface area contributed by atoms with Crippen molar-refractivity contribution in [3.8, 4) is 0 Å². The maximum absolute atomic E-state index is 6.20. The molecule has 1 N–H and O–H groups in total. The second kappa shape index (κ2) is 6.88. The summed E-state index contributed by atoms with van der Waals surface area (Å²) in [6.45, 7) is 3.92. The molecule has 1 atom stereocenters. The summed E-state index contributed by atoms with van der Waals surface area (Å²) in [5.41, 5.74) is 2.55. The number of hydrogen-bond donors (Lipinski definition) is 1. The van der Waals surface area contributed by atoms with Gasteiger partial charge in [-0.05, 0) is 51.3 Å². The van der Waals surface area contributed by atoms with Gasteiger partial charge in [0.2, 0.25) is 0 Å². The van der Waals surface area contributed by atoms with Crippen molar-refractivity contribution in [2.45, 2.75) is 12.6 Å². The van der Waals surface area contributed by atoms with Crippen molar-refractivity contribution in [3.63, 3.8) is 0 Å². The first-order valence-electron chi connectivity index (χ1n) is 7.02. The predicted octanol–water partition coefficient (Wildman–Crippen LogP) is 3.64. The first-order valence-corrected chi connectivity index (χ1v) is 8.20. The molecule has 21 heavy (non-hydrogen) atoms. The van der Waals surface area contributed by atoms with Gasteiger partial charge in [-0.25, -0.2) is 0 Å². The number of aromatic nitrogens is 1. The normalized spacial score (nSPS) is 19.6. The highest BCUT2D eigenvalue weighted by atomic mass is 79.9. The zero-order valence-corrected chi connectivity index (χ0v) is 13.9. The average molecular weight is 367 g/mol. The van der Waals surface area contributed by atoms with Crippen LogP contribution in [0.1, 0.15) is 17.2 Å². The van der Waals surface area contributed by atoms with Gasteiger partial charge in [0, 0.05) is 49.1 Å². The Balaban J connectivity index is 1.79. The Labute approximate surface area is 138 Å². The van der Waals surface area contributed by atoms with Crippen LogP contribution < -0.4 is 5.32 Å². The van der Waals surface area contributed by atoms with Crippen LogP contribution in [0.15, 0.2) is 47.2 Å². The Kier molecular flexibility index (Phi) is 4.91. The summed E-state index contributed by atoms with van der Waals surface area (Å²) in [7, 11) is 0. The fourth-order valence-corrected chi connectivity index (χ4v) is 3.17. The highest BCUT2D eigenvalue weighted by Crippen LogP contribution is 2.27. The molecule has 1 fully saturated rings. The van der Waals surface area contributed by atoms with E-state index in [-0.39, 0.29) is 0 Å². The molecule has 2 heterocycles. The van der Waals surface area contributed by atoms with E-state index >= 15 is 0 Å². The zero-order chi connectivity index (χ0) is 14.7. The van der Waals surface area contributed by atoms with Gasteiger partial charge in [0.25, 0.3) is 0 Å². The Hall–Kier alpha value is -0.940. The molecule has 3 nitrogen and oxygen atoms in total. The fraction of sp³-hybridized carbons (Fsp3) is 0.312. The summed E-state index contributed by atoms with van der Waals surface area (Å²) in [4.78, 5) is 6.60. The third-order valence-corrected chi connectivity index (χ3v) is 5.05. The molecule has 0 saturated carbocycles. The van der Waals surface area contributed by atoms with E-state index in [1.807, 2.05) is 24.5 Å². The van der Waals surface area contributed by atoms with Crippen LogP contribution in [-0.2, 0) is 6.54 Å². The van der Waals surface area contributed by atoms with Crippen LogP contribution in [0.2, 0.25) is 5.02 Å². The molecule has 0 amide bonds. The van der Waals surface area contributed by atoms with Crippen LogP contribution in [0.5, 0.6) is 0 Å². The first kappa shape index (κ1) is 15.0. The quantitative estimate of drug-likeness (QED) is 0.899. The van der Waals surface area contributed by atoms with Crippen LogP contribution in [0.4, 0.5) is 0 Å². The Morgan fingerprint density at radius 2 is 2.10 bits per heavy atom. The number of pyridine rings is 1. The van der Waals surface area contributed by atoms with Gasteiger partial charge >= 0.3 is 0 Å². The molecule has 3 rings (SSSR count). The van der Waals surface area contributed by atoms with E-state index in [0.29, 0.717) is 6.04 Å². The Bertz CT molecular complexity index is 606. The van der Waals surface area contributed by atoms with E-state index in [4.69, 9.17) is 11.6 Å². The lowest BCUT2D eigenvalue weighted by molar-refractivity contribution is 0.153. The molecule has 0 radical (unpaired) electrons. The summed E-state index contributed by atoms with van der Waals surface area (Å²) < 4.78 is 0.943. The van der Waals surface area contributed by atoms with Crippen molar-refractivity contribution in [2.24, 2.45) is 0 Å². The molecule has 0 bridgehead atoms. The summed E-state index contributed by atoms with van der Waals surface area (Å²) in [6.07, 6.45) is 3.72. The van der Waals surface area contributed by atoms with Crippen molar-refractivity contribution in [3.05, 3.63) is 63.3 Å². The highest BCUT2D eigenvalue weighted by Gasteiger charge is 2.23. The van der Waals surface area contributed by atoms with Crippen molar-refractivity contribution in [2.75, 3.05) is 19.6 Å². The van der Waals surface area contributed by atoms with Gasteiger partial charge in [0.15, 0.2) is 0 Å². The van der Waals surface area contributed by atoms with Gasteiger partial charge in [0.1, 0.15) is 0 Å². The molecule has 1 aromatic heterocycles. The van der Waals surface area contributed by atoms with Gasteiger partial charge in [-0.3, -0.25) is 9.88 Å². The van der Waals surface area contributed by atoms with Gasteiger partial charge in [-0.1, -0.05) is 17.7 Å². The summed E-state index contributed by atoms with van der Waals surface area (Å²) in [5.74, 6) is 0. The van der Waals surface area contributed by atoms with Gasteiger partial charge in [-0.2, -0.15) is 0 Å². The minimum Gasteiger partial charge on any atom is -0.314 e. The molecule has 1 aliphatic heterocycles. The zero-order valence-electron chi connectivity index (χ0n) is 11.6. The topological polar surface area (TPSA) is 28.2 Å². The van der Waals surface area contributed by atoms with Crippen LogP contribution in [0.3, 0.4) is 0 Å². The predicted molar refractivity (Wildman–Crippen MR) is 89.4 cm³/mol. The lowest BCUT2D eigenvalue weighted by Crippen LogP contribution is -2.45. The van der Waals surface area contributed by atoms with E-state index < -0.39 is 0 Å². The molecule has 110 valence electrons. The van der Waals surface area contributed by atoms with Crippen molar-refractivity contribution >= 4 is 27.5 Å². The van der Waals surface area contributed by atoms with Crippen molar-refractivity contribution in [1.29, 1.82) is 0 Å². The third-order valence-electron chi connectivity index (χ3n) is 3.81. The highest BCUT2D eigenvalue weighted by molar-refractivity contribution is 9.10. The number of benzene rings is 1. The standard InChI is InChI=1S/C16H17BrClN3/c17-14-2-1-12(9-15(14)18)11-21-8-7-20-10-16(21)13-3-5-19-6-4-13/h1-6,9,16,20H,7-8,10-11H2. The monoisotopic (exact) mass is 365 g/mol. The number of piperazine rings is 1. The summed E-state index contributed by atoms with van der Waals surface area (Å²) in [6, 6.07) is 10.8. The molecule has 5 heteroatoms. The van der Waals surface area contributed by atoms with Crippen LogP contribution in [-0.4, -0.2) is 29.5 Å². The summed E-state index contributed by atoms with van der Waals surface area (Å²) >= 11 is 9.64. The molecule has 0 aliphatic carbocycles. The molecule has 1 unspecified atom stereocenters. The van der Waals surface area contributed by atoms with Gasteiger partial charge < -0.3 is 5.32 Å². The lowest BCUT2D eigenvalue weighted by atomic mass is 10.0. The second-order valence-corrected chi connectivity index (χ2v) is 6.48. The van der Waals surface area contributed by atoms with Crippen LogP contribution in [0, 0.1) is 0 Å². The number of hydrogen-bond acceptors (Lipinski definition) is 3. The Morgan fingerprint density at radius 3 is 2.86 bits per heavy atom. The average Bonchev–Trinajstić information content (AvgIpc) is 2.52. The number of nitrogens with one attached hydrogen (secondary N) is 1. The number of rotatable bonds is 3. The van der Waals surface area contributed by atoms with E-state index in [0.717, 1.165) is 35.7 Å². The Morgan fingerprint density at radius 1 is 1.29 bits per heavy atom. The fourth-order valence-electron chi connectivity index (χ4n) is 2.72. The minimum atomic E-state index is 0.379. The smallest absolute Gasteiger partial charge is 0.0551 e. The third kappa shape index (κ3) is 3.64. The molecule has 1 saturated heterocycles. The van der Waals surface area contributed by atoms with Crippen molar-refractivity contribution < 1.29 is 0 Å². The molecule has 1 aliphatic rings. The lowest BCUT2D eigenvalue weighted by Gasteiger charge is -2.36. The van der Waals surface area contributed by atoms with Crippen molar-refractivity contribution in [1.82, 2.24) is 15.2 Å². The maximum atomic E-state index is 6.20. The van der Waals surface area contributed by atoms with E-state index in [9.17, 15) is 0 Å². The summed E-state index contributed by atoms with van der Waals surface area (Å²) in [5, 5.41) is 4.24. The van der Waals surface area contributed by atoms with Gasteiger partial charge in [-0.15, -0.1) is 0 Å². The van der Waals surface area contributed by atoms with E-state index in [2.05, 4.69) is 49.3 Å².